The Labute approximate surface area is 143 Å². The van der Waals surface area contributed by atoms with Crippen LogP contribution in [-0.4, -0.2) is 53.8 Å². The molecule has 1 saturated heterocycles. The van der Waals surface area contributed by atoms with Gasteiger partial charge in [-0.15, -0.1) is 0 Å². The van der Waals surface area contributed by atoms with E-state index in [0.29, 0.717) is 19.6 Å². The zero-order valence-corrected chi connectivity index (χ0v) is 14.2. The van der Waals surface area contributed by atoms with Gasteiger partial charge in [0, 0.05) is 32.7 Å². The Morgan fingerprint density at radius 3 is 2.75 bits per heavy atom. The molecule has 5 nitrogen and oxygen atoms in total. The summed E-state index contributed by atoms with van der Waals surface area (Å²) >= 11 is 0. The van der Waals surface area contributed by atoms with E-state index in [0.717, 1.165) is 19.5 Å². The fraction of sp³-hybridized carbons (Fsp3) is 0.474. The van der Waals surface area contributed by atoms with Crippen LogP contribution in [0, 0.1) is 0 Å². The number of amides is 2. The van der Waals surface area contributed by atoms with Crippen molar-refractivity contribution in [3.8, 4) is 0 Å². The van der Waals surface area contributed by atoms with Crippen LogP contribution in [0.1, 0.15) is 25.3 Å². The van der Waals surface area contributed by atoms with E-state index < -0.39 is 0 Å². The molecule has 24 heavy (non-hydrogen) atoms. The first kappa shape index (κ1) is 16.7. The lowest BCUT2D eigenvalue weighted by Crippen LogP contribution is -2.56. The molecule has 2 amide bonds. The Hall–Kier alpha value is -2.14. The minimum Gasteiger partial charge on any atom is -0.353 e. The summed E-state index contributed by atoms with van der Waals surface area (Å²) in [6, 6.07) is 9.73. The van der Waals surface area contributed by atoms with Crippen molar-refractivity contribution in [3.63, 3.8) is 0 Å². The average Bonchev–Trinajstić information content (AvgIpc) is 2.59. The van der Waals surface area contributed by atoms with Gasteiger partial charge < -0.3 is 10.2 Å². The van der Waals surface area contributed by atoms with E-state index in [1.807, 2.05) is 23.1 Å². The molecule has 128 valence electrons. The Morgan fingerprint density at radius 2 is 2.04 bits per heavy atom. The number of carbonyl (C=O) groups is 2. The maximum absolute atomic E-state index is 12.6. The second-order valence-corrected chi connectivity index (χ2v) is 6.61. The Bertz CT molecular complexity index is 627. The molecule has 0 radical (unpaired) electrons. The number of rotatable bonds is 4. The van der Waals surface area contributed by atoms with Crippen molar-refractivity contribution in [2.24, 2.45) is 0 Å². The van der Waals surface area contributed by atoms with Gasteiger partial charge >= 0.3 is 0 Å². The summed E-state index contributed by atoms with van der Waals surface area (Å²) in [7, 11) is 0. The number of hydrogen-bond acceptors (Lipinski definition) is 3. The van der Waals surface area contributed by atoms with E-state index in [-0.39, 0.29) is 24.3 Å². The quantitative estimate of drug-likeness (QED) is 0.854. The molecule has 0 spiro atoms. The molecule has 1 atom stereocenters. The number of piperazine rings is 1. The predicted octanol–water partition coefficient (Wildman–Crippen LogP) is 1.56. The van der Waals surface area contributed by atoms with Gasteiger partial charge in [0.2, 0.25) is 11.8 Å². The van der Waals surface area contributed by atoms with Crippen molar-refractivity contribution in [3.05, 3.63) is 47.5 Å². The highest BCUT2D eigenvalue weighted by atomic mass is 16.2. The van der Waals surface area contributed by atoms with Crippen molar-refractivity contribution in [2.45, 2.75) is 32.4 Å². The summed E-state index contributed by atoms with van der Waals surface area (Å²) in [5.41, 5.74) is 2.50. The topological polar surface area (TPSA) is 52.7 Å². The van der Waals surface area contributed by atoms with Gasteiger partial charge in [0.1, 0.15) is 0 Å². The lowest BCUT2D eigenvalue weighted by molar-refractivity contribution is -0.138. The molecular weight excluding hydrogens is 302 g/mol. The van der Waals surface area contributed by atoms with E-state index in [1.165, 1.54) is 11.1 Å². The molecule has 3 rings (SSSR count). The van der Waals surface area contributed by atoms with Gasteiger partial charge in [0.25, 0.3) is 0 Å². The minimum atomic E-state index is -0.376. The average molecular weight is 327 g/mol. The van der Waals surface area contributed by atoms with Gasteiger partial charge in [0.15, 0.2) is 0 Å². The molecule has 2 aliphatic heterocycles. The summed E-state index contributed by atoms with van der Waals surface area (Å²) in [5, 5.41) is 2.90. The van der Waals surface area contributed by atoms with E-state index in [1.54, 1.807) is 0 Å². The fourth-order valence-corrected chi connectivity index (χ4v) is 3.28. The van der Waals surface area contributed by atoms with Crippen molar-refractivity contribution in [2.75, 3.05) is 26.2 Å². The molecule has 0 bridgehead atoms. The first-order valence-electron chi connectivity index (χ1n) is 8.62. The highest BCUT2D eigenvalue weighted by Gasteiger charge is 2.33. The normalized spacial score (nSPS) is 22.0. The second kappa shape index (κ2) is 7.62. The molecular formula is C19H25N3O2. The smallest absolute Gasteiger partial charge is 0.237 e. The first-order valence-corrected chi connectivity index (χ1v) is 8.62. The predicted molar refractivity (Wildman–Crippen MR) is 93.2 cm³/mol. The van der Waals surface area contributed by atoms with Gasteiger partial charge in [-0.1, -0.05) is 42.0 Å². The van der Waals surface area contributed by atoms with Crippen LogP contribution >= 0.6 is 0 Å². The van der Waals surface area contributed by atoms with Gasteiger partial charge in [-0.05, 0) is 18.9 Å². The van der Waals surface area contributed by atoms with Crippen molar-refractivity contribution < 1.29 is 9.59 Å². The maximum Gasteiger partial charge on any atom is 0.237 e. The molecule has 0 aliphatic carbocycles. The molecule has 2 heterocycles. The number of hydrogen-bond donors (Lipinski definition) is 1. The zero-order chi connectivity index (χ0) is 16.9. The molecule has 5 heteroatoms. The van der Waals surface area contributed by atoms with Gasteiger partial charge in [-0.25, -0.2) is 0 Å². The Balaban J connectivity index is 1.66. The lowest BCUT2D eigenvalue weighted by atomic mass is 10.0. The summed E-state index contributed by atoms with van der Waals surface area (Å²) in [6.45, 7) is 5.63. The van der Waals surface area contributed by atoms with Crippen molar-refractivity contribution in [1.82, 2.24) is 15.1 Å². The molecule has 1 fully saturated rings. The molecule has 1 aromatic carbocycles. The Morgan fingerprint density at radius 1 is 1.25 bits per heavy atom. The van der Waals surface area contributed by atoms with E-state index in [2.05, 4.69) is 35.3 Å². The van der Waals surface area contributed by atoms with Crippen LogP contribution in [0.3, 0.4) is 0 Å². The molecule has 1 aromatic rings. The number of nitrogens with one attached hydrogen (secondary N) is 1. The van der Waals surface area contributed by atoms with Crippen LogP contribution in [0.25, 0.3) is 0 Å². The van der Waals surface area contributed by atoms with Crippen LogP contribution in [0.15, 0.2) is 42.0 Å². The summed E-state index contributed by atoms with van der Waals surface area (Å²) in [6.07, 6.45) is 3.28. The number of nitrogens with zero attached hydrogens (tertiary/aromatic N) is 2. The molecule has 1 N–H and O–H groups in total. The zero-order valence-electron chi connectivity index (χ0n) is 14.2. The SMILES string of the molecule is CC1=CCN(C(=O)CC2C(=O)NCCN2Cc2ccccc2)CC1. The standard InChI is InChI=1S/C19H25N3O2/c1-15-7-10-21(11-8-15)18(23)13-17-19(24)20-9-12-22(17)14-16-5-3-2-4-6-16/h2-7,17H,8-14H2,1H3,(H,20,24). The third kappa shape index (κ3) is 4.03. The van der Waals surface area contributed by atoms with Gasteiger partial charge in [0.05, 0.1) is 12.5 Å². The monoisotopic (exact) mass is 327 g/mol. The Kier molecular flexibility index (Phi) is 5.30. The van der Waals surface area contributed by atoms with E-state index in [4.69, 9.17) is 0 Å². The number of benzene rings is 1. The molecule has 2 aliphatic rings. The van der Waals surface area contributed by atoms with Crippen LogP contribution in [0.5, 0.6) is 0 Å². The summed E-state index contributed by atoms with van der Waals surface area (Å²) in [5.74, 6) is 0.0353. The second-order valence-electron chi connectivity index (χ2n) is 6.61. The van der Waals surface area contributed by atoms with Crippen LogP contribution in [0.4, 0.5) is 0 Å². The molecule has 0 aromatic heterocycles. The van der Waals surface area contributed by atoms with E-state index >= 15 is 0 Å². The van der Waals surface area contributed by atoms with E-state index in [9.17, 15) is 9.59 Å². The summed E-state index contributed by atoms with van der Waals surface area (Å²) in [4.78, 5) is 28.9. The van der Waals surface area contributed by atoms with Crippen molar-refractivity contribution >= 4 is 11.8 Å². The van der Waals surface area contributed by atoms with Crippen LogP contribution < -0.4 is 5.32 Å². The van der Waals surface area contributed by atoms with Crippen LogP contribution in [-0.2, 0) is 16.1 Å². The largest absolute Gasteiger partial charge is 0.353 e. The summed E-state index contributed by atoms with van der Waals surface area (Å²) < 4.78 is 0. The molecule has 1 unspecified atom stereocenters. The van der Waals surface area contributed by atoms with Gasteiger partial charge in [-0.2, -0.15) is 0 Å². The molecule has 0 saturated carbocycles. The highest BCUT2D eigenvalue weighted by molar-refractivity contribution is 5.89. The maximum atomic E-state index is 12.6. The minimum absolute atomic E-state index is 0.0331. The van der Waals surface area contributed by atoms with Crippen LogP contribution in [0.2, 0.25) is 0 Å². The van der Waals surface area contributed by atoms with Crippen molar-refractivity contribution in [1.29, 1.82) is 0 Å². The fourth-order valence-electron chi connectivity index (χ4n) is 3.28. The third-order valence-corrected chi connectivity index (χ3v) is 4.83. The number of carbonyl (C=O) groups excluding carboxylic acids is 2. The third-order valence-electron chi connectivity index (χ3n) is 4.83. The van der Waals surface area contributed by atoms with Gasteiger partial charge in [-0.3, -0.25) is 14.5 Å². The highest BCUT2D eigenvalue weighted by Crippen LogP contribution is 2.17. The first-order chi connectivity index (χ1) is 11.6. The lowest BCUT2D eigenvalue weighted by Gasteiger charge is -2.36.